The molecule has 3 heterocycles. The molecule has 0 saturated carbocycles. The first-order valence-corrected chi connectivity index (χ1v) is 6.03. The average molecular weight is 268 g/mol. The summed E-state index contributed by atoms with van der Waals surface area (Å²) in [6.07, 6.45) is -0.986. The zero-order valence-corrected chi connectivity index (χ0v) is 10.3. The first-order valence-electron chi connectivity index (χ1n) is 6.03. The molecule has 0 aromatic rings. The lowest BCUT2D eigenvalue weighted by Crippen LogP contribution is -2.53. The molecule has 3 rings (SSSR count). The molecule has 0 amide bonds. The highest BCUT2D eigenvalue weighted by atomic mass is 16.3. The predicted molar refractivity (Wildman–Crippen MR) is 65.2 cm³/mol. The van der Waals surface area contributed by atoms with E-state index < -0.39 is 12.2 Å². The molecule has 104 valence electrons. The lowest BCUT2D eigenvalue weighted by Gasteiger charge is -2.28. The zero-order valence-electron chi connectivity index (χ0n) is 10.3. The summed E-state index contributed by atoms with van der Waals surface area (Å²) in [6.45, 7) is 1.79. The number of aliphatic hydroxyl groups excluding tert-OH is 3. The van der Waals surface area contributed by atoms with Crippen LogP contribution in [0.15, 0.2) is 28.0 Å². The summed E-state index contributed by atoms with van der Waals surface area (Å²) in [7, 11) is 0. The van der Waals surface area contributed by atoms with E-state index >= 15 is 0 Å². The molecule has 0 unspecified atom stereocenters. The van der Waals surface area contributed by atoms with Crippen LogP contribution >= 0.6 is 0 Å². The highest BCUT2D eigenvalue weighted by Gasteiger charge is 2.46. The highest BCUT2D eigenvalue weighted by Crippen LogP contribution is 2.37. The average Bonchev–Trinajstić information content (AvgIpc) is 2.88. The van der Waals surface area contributed by atoms with Gasteiger partial charge in [-0.25, -0.2) is 5.01 Å². The van der Waals surface area contributed by atoms with Crippen LogP contribution in [0.1, 0.15) is 19.8 Å². The molecule has 19 heavy (non-hydrogen) atoms. The van der Waals surface area contributed by atoms with Crippen molar-refractivity contribution < 1.29 is 15.3 Å². The maximum absolute atomic E-state index is 9.88. The molecule has 9 heteroatoms. The fourth-order valence-corrected chi connectivity index (χ4v) is 2.30. The SMILES string of the molecule is CC[C@@H](O)[C@@H](O)CC1=C2C3=C(O)N=C(N)N2NN3N1. The van der Waals surface area contributed by atoms with Crippen molar-refractivity contribution in [1.82, 2.24) is 21.1 Å². The van der Waals surface area contributed by atoms with Crippen LogP contribution in [0.25, 0.3) is 0 Å². The Balaban J connectivity index is 1.90. The van der Waals surface area contributed by atoms with E-state index in [1.54, 1.807) is 6.92 Å². The van der Waals surface area contributed by atoms with E-state index in [-0.39, 0.29) is 18.3 Å². The van der Waals surface area contributed by atoms with Gasteiger partial charge in [-0.2, -0.15) is 10.1 Å². The second kappa shape index (κ2) is 4.02. The van der Waals surface area contributed by atoms with E-state index in [2.05, 4.69) is 16.0 Å². The lowest BCUT2D eigenvalue weighted by atomic mass is 10.1. The number of aliphatic hydroxyl groups is 3. The molecule has 2 atom stereocenters. The van der Waals surface area contributed by atoms with E-state index in [1.165, 1.54) is 10.1 Å². The number of nitrogens with zero attached hydrogens (tertiary/aromatic N) is 3. The Morgan fingerprint density at radius 2 is 2.05 bits per heavy atom. The van der Waals surface area contributed by atoms with Crippen molar-refractivity contribution in [2.24, 2.45) is 10.7 Å². The van der Waals surface area contributed by atoms with Crippen LogP contribution in [0, 0.1) is 0 Å². The van der Waals surface area contributed by atoms with Crippen molar-refractivity contribution in [3.05, 3.63) is 23.0 Å². The Kier molecular flexibility index (Phi) is 2.55. The summed E-state index contributed by atoms with van der Waals surface area (Å²) in [6, 6.07) is 0. The van der Waals surface area contributed by atoms with Gasteiger partial charge >= 0.3 is 0 Å². The van der Waals surface area contributed by atoms with Crippen LogP contribution in [0.3, 0.4) is 0 Å². The Labute approximate surface area is 109 Å². The minimum absolute atomic E-state index is 0.114. The van der Waals surface area contributed by atoms with Gasteiger partial charge in [-0.1, -0.05) is 6.92 Å². The Morgan fingerprint density at radius 3 is 2.74 bits per heavy atom. The fraction of sp³-hybridized carbons (Fsp3) is 0.500. The molecule has 3 aliphatic heterocycles. The van der Waals surface area contributed by atoms with Crippen LogP contribution in [0.5, 0.6) is 0 Å². The predicted octanol–water partition coefficient (Wildman–Crippen LogP) is -1.67. The van der Waals surface area contributed by atoms with Gasteiger partial charge in [0, 0.05) is 6.42 Å². The van der Waals surface area contributed by atoms with Crippen LogP contribution in [0.2, 0.25) is 0 Å². The topological polar surface area (TPSA) is 130 Å². The molecule has 0 aromatic heterocycles. The molecule has 7 N–H and O–H groups in total. The van der Waals surface area contributed by atoms with Gasteiger partial charge in [-0.05, 0) is 6.42 Å². The molecule has 3 aliphatic rings. The molecule has 1 saturated heterocycles. The normalized spacial score (nSPS) is 23.8. The number of nitrogens with one attached hydrogen (secondary N) is 2. The number of rotatable bonds is 4. The summed E-state index contributed by atoms with van der Waals surface area (Å²) < 4.78 is 0. The van der Waals surface area contributed by atoms with Crippen LogP contribution in [-0.4, -0.2) is 43.6 Å². The second-order valence-corrected chi connectivity index (χ2v) is 4.60. The lowest BCUT2D eigenvalue weighted by molar-refractivity contribution is 0.0137. The molecule has 0 radical (unpaired) electrons. The number of guanidine groups is 1. The van der Waals surface area contributed by atoms with Crippen molar-refractivity contribution in [3.63, 3.8) is 0 Å². The number of hydrogen-bond donors (Lipinski definition) is 6. The van der Waals surface area contributed by atoms with Crippen molar-refractivity contribution >= 4 is 5.96 Å². The van der Waals surface area contributed by atoms with Gasteiger partial charge in [0.25, 0.3) is 0 Å². The first kappa shape index (κ1) is 12.1. The summed E-state index contributed by atoms with van der Waals surface area (Å²) in [5.74, 6) is -0.0786. The summed E-state index contributed by atoms with van der Waals surface area (Å²) in [5, 5.41) is 32.2. The Bertz CT molecular complexity index is 513. The Morgan fingerprint density at radius 1 is 1.32 bits per heavy atom. The first-order chi connectivity index (χ1) is 9.02. The summed E-state index contributed by atoms with van der Waals surface area (Å²) in [5.41, 5.74) is 13.3. The van der Waals surface area contributed by atoms with Gasteiger partial charge in [0.1, 0.15) is 5.70 Å². The van der Waals surface area contributed by atoms with Gasteiger partial charge in [-0.3, -0.25) is 5.43 Å². The maximum Gasteiger partial charge on any atom is 0.244 e. The molecule has 0 aliphatic carbocycles. The van der Waals surface area contributed by atoms with E-state index in [0.717, 1.165) is 0 Å². The van der Waals surface area contributed by atoms with Crippen molar-refractivity contribution in [1.29, 1.82) is 0 Å². The third kappa shape index (κ3) is 1.63. The molecule has 1 fully saturated rings. The number of aliphatic imine (C=N–C) groups is 1. The largest absolute Gasteiger partial charge is 0.492 e. The molecular formula is C10H16N6O3. The summed E-state index contributed by atoms with van der Waals surface area (Å²) >= 11 is 0. The van der Waals surface area contributed by atoms with E-state index in [0.29, 0.717) is 23.5 Å². The quantitative estimate of drug-likeness (QED) is 0.357. The van der Waals surface area contributed by atoms with E-state index in [1.807, 2.05) is 0 Å². The molecule has 0 spiro atoms. The van der Waals surface area contributed by atoms with Gasteiger partial charge in [-0.15, -0.1) is 5.53 Å². The maximum atomic E-state index is 9.88. The molecule has 0 aromatic carbocycles. The summed E-state index contributed by atoms with van der Waals surface area (Å²) in [4.78, 5) is 3.78. The fourth-order valence-electron chi connectivity index (χ4n) is 2.30. The van der Waals surface area contributed by atoms with Gasteiger partial charge in [0.2, 0.25) is 11.8 Å². The minimum Gasteiger partial charge on any atom is -0.492 e. The standard InChI is InChI=1S/C10H16N6O3/c1-2-5(17)6(18)3-4-7-8-9(19)12-10(11)15(7)14-16(8)13-4/h5-6,13-14,17-19H,2-3H2,1H3,(H2,11,12)/t5-,6+/m1/s1. The number of hydrazine groups is 3. The van der Waals surface area contributed by atoms with Gasteiger partial charge in [0.05, 0.1) is 17.9 Å². The third-order valence-electron chi connectivity index (χ3n) is 3.34. The highest BCUT2D eigenvalue weighted by molar-refractivity contribution is 5.84. The second-order valence-electron chi connectivity index (χ2n) is 4.60. The van der Waals surface area contributed by atoms with Crippen molar-refractivity contribution in [2.45, 2.75) is 32.0 Å². The van der Waals surface area contributed by atoms with Crippen molar-refractivity contribution in [2.75, 3.05) is 0 Å². The molecular weight excluding hydrogens is 252 g/mol. The third-order valence-corrected chi connectivity index (χ3v) is 3.34. The van der Waals surface area contributed by atoms with Gasteiger partial charge < -0.3 is 21.1 Å². The minimum atomic E-state index is -0.886. The van der Waals surface area contributed by atoms with E-state index in [4.69, 9.17) is 5.73 Å². The molecule has 9 nitrogen and oxygen atoms in total. The van der Waals surface area contributed by atoms with Crippen LogP contribution in [0.4, 0.5) is 0 Å². The van der Waals surface area contributed by atoms with Crippen LogP contribution in [-0.2, 0) is 0 Å². The monoisotopic (exact) mass is 268 g/mol. The zero-order chi connectivity index (χ0) is 13.7. The Hall–Kier alpha value is -1.97. The molecule has 4 bridgehead atoms. The smallest absolute Gasteiger partial charge is 0.244 e. The van der Waals surface area contributed by atoms with Crippen molar-refractivity contribution in [3.8, 4) is 0 Å². The number of hydrogen-bond acceptors (Lipinski definition) is 9. The van der Waals surface area contributed by atoms with Crippen LogP contribution < -0.4 is 16.7 Å². The van der Waals surface area contributed by atoms with Gasteiger partial charge in [0.15, 0.2) is 5.70 Å². The van der Waals surface area contributed by atoms with E-state index in [9.17, 15) is 15.3 Å². The number of nitrogens with two attached hydrogens (primary N) is 1.